The predicted octanol–water partition coefficient (Wildman–Crippen LogP) is 2.66. The highest BCUT2D eigenvalue weighted by Gasteiger charge is 2.29. The van der Waals surface area contributed by atoms with Crippen LogP contribution in [-0.4, -0.2) is 44.0 Å². The third kappa shape index (κ3) is 4.61. The van der Waals surface area contributed by atoms with Crippen LogP contribution in [0.4, 0.5) is 17.1 Å². The number of nitrogens with two attached hydrogens (primary N) is 1. The summed E-state index contributed by atoms with van der Waals surface area (Å²) in [6, 6.07) is 9.89. The first-order valence-corrected chi connectivity index (χ1v) is 10.6. The average Bonchev–Trinajstić information content (AvgIpc) is 3.29. The standard InChI is InChI=1S/C23H26N4O5/c1-31-21(28)8-7-18-23(30)26-19-13-17(24)20(12-16(19)22(29)25-18)32-15-6-4-5-14(11-15)27-9-2-3-10-27/h4-6,11-13,18H,2-3,7-10,24H2,1H3,(H,25,29)(H,26,30)/t18-/m1/s1. The van der Waals surface area contributed by atoms with Gasteiger partial charge in [0, 0.05) is 31.3 Å². The van der Waals surface area contributed by atoms with Gasteiger partial charge in [0.2, 0.25) is 5.91 Å². The SMILES string of the molecule is COC(=O)CC[C@H]1NC(=O)c2cc(Oc3cccc(N4CCCC4)c3)c(N)cc2NC1=O. The molecule has 9 heteroatoms. The molecule has 2 heterocycles. The molecular weight excluding hydrogens is 412 g/mol. The molecule has 0 saturated carbocycles. The van der Waals surface area contributed by atoms with Gasteiger partial charge in [0.1, 0.15) is 11.8 Å². The second kappa shape index (κ2) is 9.17. The van der Waals surface area contributed by atoms with Crippen LogP contribution in [0.5, 0.6) is 11.5 Å². The molecule has 168 valence electrons. The minimum Gasteiger partial charge on any atom is -0.469 e. The van der Waals surface area contributed by atoms with E-state index in [0.717, 1.165) is 18.8 Å². The van der Waals surface area contributed by atoms with Crippen LogP contribution in [0.15, 0.2) is 36.4 Å². The van der Waals surface area contributed by atoms with Crippen molar-refractivity contribution >= 4 is 34.8 Å². The molecule has 2 aromatic carbocycles. The molecule has 4 rings (SSSR count). The van der Waals surface area contributed by atoms with Crippen molar-refractivity contribution in [2.24, 2.45) is 0 Å². The first-order chi connectivity index (χ1) is 15.4. The summed E-state index contributed by atoms with van der Waals surface area (Å²) in [6.45, 7) is 2.03. The van der Waals surface area contributed by atoms with E-state index in [-0.39, 0.29) is 24.1 Å². The minimum absolute atomic E-state index is 0.00900. The fourth-order valence-corrected chi connectivity index (χ4v) is 3.91. The Morgan fingerprint density at radius 1 is 1.19 bits per heavy atom. The number of nitrogens with one attached hydrogen (secondary N) is 2. The van der Waals surface area contributed by atoms with Crippen molar-refractivity contribution in [2.45, 2.75) is 31.7 Å². The van der Waals surface area contributed by atoms with Crippen molar-refractivity contribution in [3.63, 3.8) is 0 Å². The topological polar surface area (TPSA) is 123 Å². The molecule has 0 radical (unpaired) electrons. The van der Waals surface area contributed by atoms with Crippen molar-refractivity contribution in [3.8, 4) is 11.5 Å². The van der Waals surface area contributed by atoms with E-state index in [9.17, 15) is 14.4 Å². The van der Waals surface area contributed by atoms with Crippen LogP contribution in [0, 0.1) is 0 Å². The Balaban J connectivity index is 1.54. The number of anilines is 3. The Bertz CT molecular complexity index is 1050. The maximum absolute atomic E-state index is 12.8. The molecule has 4 N–H and O–H groups in total. The number of amides is 2. The highest BCUT2D eigenvalue weighted by Crippen LogP contribution is 2.35. The van der Waals surface area contributed by atoms with Gasteiger partial charge in [-0.15, -0.1) is 0 Å². The maximum Gasteiger partial charge on any atom is 0.305 e. The minimum atomic E-state index is -0.864. The summed E-state index contributed by atoms with van der Waals surface area (Å²) < 4.78 is 10.6. The zero-order valence-corrected chi connectivity index (χ0v) is 17.8. The average molecular weight is 438 g/mol. The zero-order valence-electron chi connectivity index (χ0n) is 17.8. The van der Waals surface area contributed by atoms with Crippen molar-refractivity contribution in [2.75, 3.05) is 36.1 Å². The van der Waals surface area contributed by atoms with E-state index in [0.29, 0.717) is 17.2 Å². The zero-order chi connectivity index (χ0) is 22.7. The lowest BCUT2D eigenvalue weighted by Gasteiger charge is -2.19. The van der Waals surface area contributed by atoms with E-state index in [1.54, 1.807) is 0 Å². The van der Waals surface area contributed by atoms with Crippen molar-refractivity contribution in [3.05, 3.63) is 42.0 Å². The number of hydrogen-bond acceptors (Lipinski definition) is 7. The summed E-state index contributed by atoms with van der Waals surface area (Å²) in [4.78, 5) is 39.0. The van der Waals surface area contributed by atoms with E-state index in [4.69, 9.17) is 10.5 Å². The molecule has 0 spiro atoms. The normalized spacial score (nSPS) is 17.8. The number of hydrogen-bond donors (Lipinski definition) is 3. The maximum atomic E-state index is 12.8. The molecule has 2 aliphatic rings. The van der Waals surface area contributed by atoms with Crippen molar-refractivity contribution in [1.82, 2.24) is 5.32 Å². The first kappa shape index (κ1) is 21.5. The summed E-state index contributed by atoms with van der Waals surface area (Å²) in [5.74, 6) is -0.407. The van der Waals surface area contributed by atoms with Crippen LogP contribution in [0.25, 0.3) is 0 Å². The van der Waals surface area contributed by atoms with Gasteiger partial charge in [-0.1, -0.05) is 6.07 Å². The Morgan fingerprint density at radius 3 is 2.72 bits per heavy atom. The third-order valence-corrected chi connectivity index (χ3v) is 5.66. The van der Waals surface area contributed by atoms with Crippen LogP contribution in [0.1, 0.15) is 36.0 Å². The van der Waals surface area contributed by atoms with Gasteiger partial charge in [-0.25, -0.2) is 0 Å². The third-order valence-electron chi connectivity index (χ3n) is 5.66. The predicted molar refractivity (Wildman–Crippen MR) is 120 cm³/mol. The number of ether oxygens (including phenoxy) is 2. The summed E-state index contributed by atoms with van der Waals surface area (Å²) in [5.41, 5.74) is 8.06. The number of nitrogen functional groups attached to an aromatic ring is 1. The molecule has 0 unspecified atom stereocenters. The Hall–Kier alpha value is -3.75. The van der Waals surface area contributed by atoms with E-state index in [2.05, 4.69) is 20.3 Å². The fraction of sp³-hybridized carbons (Fsp3) is 0.348. The van der Waals surface area contributed by atoms with Gasteiger partial charge in [-0.05, 0) is 43.5 Å². The number of esters is 1. The number of fused-ring (bicyclic) bond motifs is 1. The molecule has 32 heavy (non-hydrogen) atoms. The van der Waals surface area contributed by atoms with Gasteiger partial charge in [-0.2, -0.15) is 0 Å². The quantitative estimate of drug-likeness (QED) is 0.468. The molecule has 2 aromatic rings. The highest BCUT2D eigenvalue weighted by molar-refractivity contribution is 6.10. The molecule has 2 amide bonds. The first-order valence-electron chi connectivity index (χ1n) is 10.6. The number of carbonyl (C=O) groups is 3. The number of benzene rings is 2. The van der Waals surface area contributed by atoms with E-state index < -0.39 is 23.8 Å². The number of nitrogens with zero attached hydrogens (tertiary/aromatic N) is 1. The van der Waals surface area contributed by atoms with Crippen LogP contribution >= 0.6 is 0 Å². The van der Waals surface area contributed by atoms with Gasteiger partial charge in [0.05, 0.1) is 24.0 Å². The van der Waals surface area contributed by atoms with Crippen LogP contribution in [0.2, 0.25) is 0 Å². The molecule has 2 aliphatic heterocycles. The summed E-state index contributed by atoms with van der Waals surface area (Å²) in [5, 5.41) is 5.37. The van der Waals surface area contributed by atoms with E-state index in [1.165, 1.54) is 32.1 Å². The number of methoxy groups -OCH3 is 1. The van der Waals surface area contributed by atoms with Gasteiger partial charge < -0.3 is 30.7 Å². The van der Waals surface area contributed by atoms with Crippen LogP contribution in [-0.2, 0) is 14.3 Å². The van der Waals surface area contributed by atoms with Crippen molar-refractivity contribution in [1.29, 1.82) is 0 Å². The number of rotatable bonds is 6. The summed E-state index contributed by atoms with van der Waals surface area (Å²) in [7, 11) is 1.27. The van der Waals surface area contributed by atoms with E-state index >= 15 is 0 Å². The van der Waals surface area contributed by atoms with Gasteiger partial charge in [0.25, 0.3) is 5.91 Å². The van der Waals surface area contributed by atoms with Crippen molar-refractivity contribution < 1.29 is 23.9 Å². The molecular formula is C23H26N4O5. The lowest BCUT2D eigenvalue weighted by Crippen LogP contribution is -2.41. The second-order valence-electron chi connectivity index (χ2n) is 7.86. The van der Waals surface area contributed by atoms with Crippen LogP contribution < -0.4 is 26.0 Å². The lowest BCUT2D eigenvalue weighted by atomic mass is 10.1. The molecule has 0 bridgehead atoms. The fourth-order valence-electron chi connectivity index (χ4n) is 3.91. The monoisotopic (exact) mass is 438 g/mol. The van der Waals surface area contributed by atoms with Gasteiger partial charge in [-0.3, -0.25) is 14.4 Å². The summed E-state index contributed by atoms with van der Waals surface area (Å²) >= 11 is 0. The molecule has 1 atom stereocenters. The Labute approximate surface area is 185 Å². The smallest absolute Gasteiger partial charge is 0.305 e. The molecule has 1 saturated heterocycles. The Morgan fingerprint density at radius 2 is 1.97 bits per heavy atom. The number of carbonyl (C=O) groups excluding carboxylic acids is 3. The van der Waals surface area contributed by atoms with Crippen LogP contribution in [0.3, 0.4) is 0 Å². The van der Waals surface area contributed by atoms with Gasteiger partial charge in [0.15, 0.2) is 5.75 Å². The molecule has 0 aliphatic carbocycles. The molecule has 9 nitrogen and oxygen atoms in total. The molecule has 0 aromatic heterocycles. The lowest BCUT2D eigenvalue weighted by molar-refractivity contribution is -0.140. The summed E-state index contributed by atoms with van der Waals surface area (Å²) in [6.07, 6.45) is 2.48. The van der Waals surface area contributed by atoms with Gasteiger partial charge >= 0.3 is 5.97 Å². The second-order valence-corrected chi connectivity index (χ2v) is 7.86. The highest BCUT2D eigenvalue weighted by atomic mass is 16.5. The molecule has 1 fully saturated rings. The Kier molecular flexibility index (Phi) is 6.16. The van der Waals surface area contributed by atoms with E-state index in [1.807, 2.05) is 24.3 Å². The largest absolute Gasteiger partial charge is 0.469 e.